The fraction of sp³-hybridized carbons (Fsp3) is 0.667. The monoisotopic (exact) mass is 565 g/mol. The van der Waals surface area contributed by atoms with Crippen molar-refractivity contribution in [2.24, 2.45) is 4.99 Å². The molecule has 6 radical (unpaired) electrons. The van der Waals surface area contributed by atoms with Gasteiger partial charge in [0.05, 0.1) is 0 Å². The second-order valence-electron chi connectivity index (χ2n) is 0.447. The van der Waals surface area contributed by atoms with Crippen LogP contribution in [0.3, 0.4) is 0 Å². The summed E-state index contributed by atoms with van der Waals surface area (Å²) in [5.41, 5.74) is 0. The van der Waals surface area contributed by atoms with Crippen molar-refractivity contribution in [3.05, 3.63) is 0 Å². The van der Waals surface area contributed by atoms with E-state index in [9.17, 15) is 0 Å². The van der Waals surface area contributed by atoms with Crippen LogP contribution in [-0.2, 0) is 170 Å². The molecular weight excluding hydrogens is 559 g/mol. The minimum atomic E-state index is 0. The van der Waals surface area contributed by atoms with Crippen LogP contribution >= 0.6 is 0 Å². The van der Waals surface area contributed by atoms with Crippen LogP contribution in [0.4, 0.5) is 0 Å². The Morgan fingerprint density at radius 3 is 0.786 bits per heavy atom. The van der Waals surface area contributed by atoms with Gasteiger partial charge in [-0.1, -0.05) is 0 Å². The standard InChI is InChI=1S/C3H6N.10V/c1-3-4-2;;;;;;;;;;/h1-2H3;;;;;;;;;;/q-1;;;;;;;;;;. The quantitative estimate of drug-likeness (QED) is 0.301. The summed E-state index contributed by atoms with van der Waals surface area (Å²) in [7, 11) is 1.69. The summed E-state index contributed by atoms with van der Waals surface area (Å²) in [6, 6.07) is 0. The van der Waals surface area contributed by atoms with Crippen LogP contribution < -0.4 is 0 Å². The Bertz CT molecular complexity index is 44.6. The molecule has 0 N–H and O–H groups in total. The Morgan fingerprint density at radius 2 is 0.786 bits per heavy atom. The van der Waals surface area contributed by atoms with E-state index in [1.165, 1.54) is 0 Å². The molecule has 0 saturated carbocycles. The van der Waals surface area contributed by atoms with Gasteiger partial charge in [0.25, 0.3) is 0 Å². The van der Waals surface area contributed by atoms with Gasteiger partial charge in [-0.2, -0.15) is 6.92 Å². The van der Waals surface area contributed by atoms with E-state index in [1.54, 1.807) is 14.0 Å². The number of rotatable bonds is 0. The third kappa shape index (κ3) is 113. The van der Waals surface area contributed by atoms with Crippen molar-refractivity contribution in [1.82, 2.24) is 0 Å². The predicted octanol–water partition coefficient (Wildman–Crippen LogP) is 0.559. The third-order valence-corrected chi connectivity index (χ3v) is 0.224. The van der Waals surface area contributed by atoms with E-state index in [2.05, 4.69) is 69.7 Å². The second kappa shape index (κ2) is 101. The molecule has 0 rings (SSSR count). The van der Waals surface area contributed by atoms with Gasteiger partial charge in [0.2, 0.25) is 0 Å². The Hall–Kier alpha value is 5.51. The molecular formula is C3H6NV10-. The molecule has 0 bridgehead atoms. The van der Waals surface area contributed by atoms with Crippen LogP contribution in [-0.4, -0.2) is 13.3 Å². The molecule has 0 spiro atoms. The maximum absolute atomic E-state index is 3.49. The van der Waals surface area contributed by atoms with Crippen LogP contribution in [0.5, 0.6) is 0 Å². The summed E-state index contributed by atoms with van der Waals surface area (Å²) in [5, 5.41) is 0. The zero-order valence-electron chi connectivity index (χ0n) is 7.42. The van der Waals surface area contributed by atoms with E-state index in [0.717, 1.165) is 0 Å². The van der Waals surface area contributed by atoms with Gasteiger partial charge in [-0.05, 0) is 7.05 Å². The molecule has 0 unspecified atom stereocenters. The summed E-state index contributed by atoms with van der Waals surface area (Å²) < 4.78 is 0. The molecule has 0 fully saturated rings. The van der Waals surface area contributed by atoms with Gasteiger partial charge in [-0.15, -0.1) is 0 Å². The van der Waals surface area contributed by atoms with Gasteiger partial charge in [0.15, 0.2) is 0 Å². The van der Waals surface area contributed by atoms with Crippen molar-refractivity contribution in [2.45, 2.75) is 6.92 Å². The van der Waals surface area contributed by atoms with Crippen LogP contribution in [0.25, 0.3) is 0 Å². The summed E-state index contributed by atoms with van der Waals surface area (Å²) in [6.45, 7) is 1.76. The Kier molecular flexibility index (Phi) is 435. The molecule has 0 aliphatic carbocycles. The van der Waals surface area contributed by atoms with Gasteiger partial charge < -0.3 is 11.2 Å². The third-order valence-electron chi connectivity index (χ3n) is 0.224. The van der Waals surface area contributed by atoms with Crippen molar-refractivity contribution in [1.29, 1.82) is 0 Å². The fourth-order valence-electron chi connectivity index (χ4n) is 0. The van der Waals surface area contributed by atoms with Crippen molar-refractivity contribution in [2.75, 3.05) is 7.05 Å². The zero-order valence-corrected chi connectivity index (χ0v) is 21.4. The molecule has 74 valence electrons. The molecule has 0 aromatic rings. The van der Waals surface area contributed by atoms with E-state index < -0.39 is 0 Å². The van der Waals surface area contributed by atoms with E-state index in [1.807, 2.05) is 0 Å². The molecule has 0 amide bonds. The first kappa shape index (κ1) is 60.5. The van der Waals surface area contributed by atoms with Crippen LogP contribution in [0.2, 0.25) is 0 Å². The topological polar surface area (TPSA) is 12.4 Å². The van der Waals surface area contributed by atoms with Gasteiger partial charge in [-0.3, -0.25) is 0 Å². The van der Waals surface area contributed by atoms with Crippen LogP contribution in [0.15, 0.2) is 4.99 Å². The number of aliphatic imine (C=N–C) groups is 1. The van der Waals surface area contributed by atoms with Crippen LogP contribution in [0.1, 0.15) is 6.92 Å². The first-order valence-electron chi connectivity index (χ1n) is 1.57. The summed E-state index contributed by atoms with van der Waals surface area (Å²) in [5.74, 6) is 0. The first-order chi connectivity index (χ1) is 3.91. The van der Waals surface area contributed by atoms with Gasteiger partial charge in [0.1, 0.15) is 0 Å². The van der Waals surface area contributed by atoms with Crippen LogP contribution in [0, 0.1) is 0 Å². The molecule has 0 aliphatic rings. The molecule has 0 aromatic carbocycles. The number of hydrogen-bond donors (Lipinski definition) is 0. The van der Waals surface area contributed by atoms with Gasteiger partial charge >= 0.3 is 58.5 Å². The Balaban J connectivity index is -0.00000000333. The predicted molar refractivity (Wildman–Crippen MR) is 19.0 cm³/mol. The van der Waals surface area contributed by atoms with E-state index in [-0.39, 0.29) is 111 Å². The zero-order chi connectivity index (χ0) is 7.41. The van der Waals surface area contributed by atoms with E-state index in [0.29, 0.717) is 0 Å². The maximum atomic E-state index is 3.49. The molecule has 0 aromatic heterocycles. The molecule has 0 heterocycles. The van der Waals surface area contributed by atoms with E-state index in [4.69, 9.17) is 0 Å². The molecule has 0 atom stereocenters. The molecule has 11 heteroatoms. The van der Waals surface area contributed by atoms with Gasteiger partial charge in [0, 0.05) is 111 Å². The summed E-state index contributed by atoms with van der Waals surface area (Å²) in [4.78, 5) is 3.49. The van der Waals surface area contributed by atoms with Crippen molar-refractivity contribution in [3.8, 4) is 0 Å². The molecule has 0 saturated heterocycles. The SMILES string of the molecule is C[C-]=NC.[V].[V].[V].[V].[V].[V].[V]=[V].[V]=[V]. The Morgan fingerprint density at radius 1 is 0.714 bits per heavy atom. The average molecular weight is 566 g/mol. The number of hydrogen-bond acceptors (Lipinski definition) is 1. The van der Waals surface area contributed by atoms with Crippen molar-refractivity contribution >= 4 is 6.21 Å². The Labute approximate surface area is 191 Å². The molecule has 14 heavy (non-hydrogen) atoms. The second-order valence-corrected chi connectivity index (χ2v) is 0.447. The molecule has 1 nitrogen and oxygen atoms in total. The first-order valence-corrected chi connectivity index (χ1v) is 7.97. The minimum absolute atomic E-state index is 0. The molecule has 0 aliphatic heterocycles. The summed E-state index contributed by atoms with van der Waals surface area (Å²) in [6.07, 6.45) is 2.56. The van der Waals surface area contributed by atoms with Crippen molar-refractivity contribution in [3.63, 3.8) is 0 Å². The number of nitrogens with zero attached hydrogens (tertiary/aromatic N) is 1. The van der Waals surface area contributed by atoms with Gasteiger partial charge in [-0.25, -0.2) is 0 Å². The average Bonchev–Trinajstić information content (AvgIpc) is 1.96. The van der Waals surface area contributed by atoms with Crippen molar-refractivity contribution < 1.29 is 170 Å². The van der Waals surface area contributed by atoms with E-state index >= 15 is 0 Å². The fourth-order valence-corrected chi connectivity index (χ4v) is 0. The summed E-state index contributed by atoms with van der Waals surface area (Å²) >= 11 is 9.00. The normalized spacial score (nSPS) is 3.00.